The van der Waals surface area contributed by atoms with Crippen molar-refractivity contribution in [1.29, 1.82) is 0 Å². The molecule has 0 saturated carbocycles. The SMILES string of the molecule is Cc1ccc(N=C2NC(=O)/C(=C/c3cccn3-c3ccc(Br)cc3)S2)c(C)c1. The summed E-state index contributed by atoms with van der Waals surface area (Å²) in [6.45, 7) is 4.08. The molecule has 0 bridgehead atoms. The third-order valence-corrected chi connectivity index (χ3v) is 5.83. The fourth-order valence-electron chi connectivity index (χ4n) is 3.00. The molecule has 0 spiro atoms. The maximum atomic E-state index is 12.4. The van der Waals surface area contributed by atoms with Gasteiger partial charge >= 0.3 is 0 Å². The van der Waals surface area contributed by atoms with Crippen LogP contribution >= 0.6 is 27.7 Å². The van der Waals surface area contributed by atoms with Crippen LogP contribution in [0.3, 0.4) is 0 Å². The van der Waals surface area contributed by atoms with Gasteiger partial charge in [0.15, 0.2) is 5.17 Å². The van der Waals surface area contributed by atoms with Crippen LogP contribution in [-0.4, -0.2) is 15.6 Å². The molecular formula is C22H18BrN3OS. The second-order valence-corrected chi connectivity index (χ2v) is 8.50. The van der Waals surface area contributed by atoms with Crippen molar-refractivity contribution in [1.82, 2.24) is 9.88 Å². The van der Waals surface area contributed by atoms with Gasteiger partial charge in [0.25, 0.3) is 5.91 Å². The number of hydrogen-bond donors (Lipinski definition) is 1. The molecule has 1 aromatic heterocycles. The van der Waals surface area contributed by atoms with E-state index in [2.05, 4.69) is 39.2 Å². The molecule has 140 valence electrons. The lowest BCUT2D eigenvalue weighted by molar-refractivity contribution is -0.115. The van der Waals surface area contributed by atoms with Crippen LogP contribution in [0.2, 0.25) is 0 Å². The van der Waals surface area contributed by atoms with Crippen molar-refractivity contribution in [3.8, 4) is 5.69 Å². The summed E-state index contributed by atoms with van der Waals surface area (Å²) in [5.41, 5.74) is 5.12. The monoisotopic (exact) mass is 451 g/mol. The van der Waals surface area contributed by atoms with Crippen LogP contribution in [-0.2, 0) is 4.79 Å². The van der Waals surface area contributed by atoms with Crippen molar-refractivity contribution >= 4 is 50.5 Å². The van der Waals surface area contributed by atoms with E-state index >= 15 is 0 Å². The van der Waals surface area contributed by atoms with E-state index in [1.54, 1.807) is 0 Å². The number of nitrogens with zero attached hydrogens (tertiary/aromatic N) is 2. The molecule has 0 atom stereocenters. The number of carbonyl (C=O) groups excluding carboxylic acids is 1. The van der Waals surface area contributed by atoms with E-state index in [9.17, 15) is 4.79 Å². The number of amidine groups is 1. The van der Waals surface area contributed by atoms with Crippen LogP contribution in [0.5, 0.6) is 0 Å². The first kappa shape index (κ1) is 18.8. The molecule has 1 N–H and O–H groups in total. The predicted molar refractivity (Wildman–Crippen MR) is 120 cm³/mol. The first-order valence-electron chi connectivity index (χ1n) is 8.80. The highest BCUT2D eigenvalue weighted by atomic mass is 79.9. The number of aromatic nitrogens is 1. The number of thioether (sulfide) groups is 1. The number of nitrogens with one attached hydrogen (secondary N) is 1. The fourth-order valence-corrected chi connectivity index (χ4v) is 4.09. The summed E-state index contributed by atoms with van der Waals surface area (Å²) >= 11 is 4.82. The van der Waals surface area contributed by atoms with Gasteiger partial charge in [0.2, 0.25) is 0 Å². The second-order valence-electron chi connectivity index (χ2n) is 6.55. The summed E-state index contributed by atoms with van der Waals surface area (Å²) in [5.74, 6) is -0.128. The molecule has 1 saturated heterocycles. The molecule has 0 unspecified atom stereocenters. The highest BCUT2D eigenvalue weighted by molar-refractivity contribution is 9.10. The zero-order chi connectivity index (χ0) is 19.7. The summed E-state index contributed by atoms with van der Waals surface area (Å²) in [5, 5.41) is 3.47. The minimum absolute atomic E-state index is 0.128. The van der Waals surface area contributed by atoms with Gasteiger partial charge in [-0.05, 0) is 79.7 Å². The van der Waals surface area contributed by atoms with Crippen LogP contribution in [0.15, 0.2) is 75.2 Å². The average molecular weight is 452 g/mol. The summed E-state index contributed by atoms with van der Waals surface area (Å²) in [4.78, 5) is 17.7. The lowest BCUT2D eigenvalue weighted by Gasteiger charge is -2.07. The van der Waals surface area contributed by atoms with E-state index in [1.807, 2.05) is 72.3 Å². The Morgan fingerprint density at radius 2 is 1.89 bits per heavy atom. The Kier molecular flexibility index (Phi) is 5.24. The summed E-state index contributed by atoms with van der Waals surface area (Å²) in [7, 11) is 0. The Morgan fingerprint density at radius 1 is 1.11 bits per heavy atom. The van der Waals surface area contributed by atoms with E-state index in [-0.39, 0.29) is 5.91 Å². The molecule has 2 aromatic carbocycles. The summed E-state index contributed by atoms with van der Waals surface area (Å²) in [6.07, 6.45) is 3.88. The highest BCUT2D eigenvalue weighted by Crippen LogP contribution is 2.30. The first-order valence-corrected chi connectivity index (χ1v) is 10.4. The van der Waals surface area contributed by atoms with E-state index in [0.717, 1.165) is 27.1 Å². The van der Waals surface area contributed by atoms with Gasteiger partial charge in [0.05, 0.1) is 10.6 Å². The molecule has 1 amide bonds. The van der Waals surface area contributed by atoms with Gasteiger partial charge in [-0.2, -0.15) is 0 Å². The minimum atomic E-state index is -0.128. The maximum Gasteiger partial charge on any atom is 0.264 e. The Bertz CT molecular complexity index is 1110. The summed E-state index contributed by atoms with van der Waals surface area (Å²) in [6, 6.07) is 18.1. The van der Waals surface area contributed by atoms with Crippen molar-refractivity contribution in [2.45, 2.75) is 13.8 Å². The van der Waals surface area contributed by atoms with Crippen molar-refractivity contribution < 1.29 is 4.79 Å². The van der Waals surface area contributed by atoms with Crippen molar-refractivity contribution in [3.05, 3.63) is 87.0 Å². The van der Waals surface area contributed by atoms with E-state index in [0.29, 0.717) is 10.1 Å². The molecule has 1 aliphatic rings. The topological polar surface area (TPSA) is 46.4 Å². The maximum absolute atomic E-state index is 12.4. The quantitative estimate of drug-likeness (QED) is 0.515. The minimum Gasteiger partial charge on any atom is -0.317 e. The van der Waals surface area contributed by atoms with Crippen LogP contribution in [0, 0.1) is 13.8 Å². The average Bonchev–Trinajstić information content (AvgIpc) is 3.25. The second kappa shape index (κ2) is 7.81. The third-order valence-electron chi connectivity index (χ3n) is 4.39. The van der Waals surface area contributed by atoms with Crippen molar-refractivity contribution in [2.75, 3.05) is 0 Å². The number of rotatable bonds is 3. The molecule has 6 heteroatoms. The number of amides is 1. The Balaban J connectivity index is 1.62. The van der Waals surface area contributed by atoms with Crippen LogP contribution in [0.4, 0.5) is 5.69 Å². The highest BCUT2D eigenvalue weighted by Gasteiger charge is 2.24. The number of aliphatic imine (C=N–C) groups is 1. The normalized spacial score (nSPS) is 16.8. The van der Waals surface area contributed by atoms with Gasteiger partial charge in [-0.1, -0.05) is 33.6 Å². The molecule has 4 rings (SSSR count). The number of halogens is 1. The van der Waals surface area contributed by atoms with Gasteiger partial charge in [0.1, 0.15) is 0 Å². The molecule has 2 heterocycles. The largest absolute Gasteiger partial charge is 0.317 e. The molecule has 0 aliphatic carbocycles. The van der Waals surface area contributed by atoms with Crippen molar-refractivity contribution in [2.24, 2.45) is 4.99 Å². The number of hydrogen-bond acceptors (Lipinski definition) is 3. The van der Waals surface area contributed by atoms with E-state index in [1.165, 1.54) is 17.3 Å². The van der Waals surface area contributed by atoms with Gasteiger partial charge in [0, 0.05) is 22.1 Å². The van der Waals surface area contributed by atoms with Gasteiger partial charge in [-0.15, -0.1) is 0 Å². The molecule has 28 heavy (non-hydrogen) atoms. The Labute approximate surface area is 176 Å². The lowest BCUT2D eigenvalue weighted by atomic mass is 10.1. The van der Waals surface area contributed by atoms with Crippen LogP contribution in [0.1, 0.15) is 16.8 Å². The molecule has 3 aromatic rings. The summed E-state index contributed by atoms with van der Waals surface area (Å²) < 4.78 is 3.08. The van der Waals surface area contributed by atoms with Crippen molar-refractivity contribution in [3.63, 3.8) is 0 Å². The Hall–Kier alpha value is -2.57. The van der Waals surface area contributed by atoms with Gasteiger partial charge in [-0.3, -0.25) is 4.79 Å². The standard InChI is InChI=1S/C22H18BrN3OS/c1-14-5-10-19(15(2)12-14)24-22-25-21(27)20(28-22)13-18-4-3-11-26(18)17-8-6-16(23)7-9-17/h3-13H,1-2H3,(H,24,25,27)/b20-13-. The zero-order valence-corrected chi connectivity index (χ0v) is 17.8. The fraction of sp³-hybridized carbons (Fsp3) is 0.0909. The van der Waals surface area contributed by atoms with E-state index in [4.69, 9.17) is 0 Å². The first-order chi connectivity index (χ1) is 13.5. The number of benzene rings is 2. The Morgan fingerprint density at radius 3 is 2.64 bits per heavy atom. The molecule has 4 nitrogen and oxygen atoms in total. The molecule has 0 radical (unpaired) electrons. The smallest absolute Gasteiger partial charge is 0.264 e. The zero-order valence-electron chi connectivity index (χ0n) is 15.4. The lowest BCUT2D eigenvalue weighted by Crippen LogP contribution is -2.19. The van der Waals surface area contributed by atoms with Gasteiger partial charge in [-0.25, -0.2) is 4.99 Å². The van der Waals surface area contributed by atoms with Gasteiger partial charge < -0.3 is 9.88 Å². The number of aryl methyl sites for hydroxylation is 2. The third kappa shape index (κ3) is 3.98. The molecule has 1 aliphatic heterocycles. The van der Waals surface area contributed by atoms with Crippen LogP contribution < -0.4 is 5.32 Å². The molecule has 1 fully saturated rings. The predicted octanol–water partition coefficient (Wildman–Crippen LogP) is 5.75. The van der Waals surface area contributed by atoms with E-state index < -0.39 is 0 Å². The van der Waals surface area contributed by atoms with Crippen LogP contribution in [0.25, 0.3) is 11.8 Å². The molecular weight excluding hydrogens is 434 g/mol. The number of carbonyl (C=O) groups is 1.